The maximum Gasteiger partial charge on any atom is 0.291 e. The van der Waals surface area contributed by atoms with E-state index in [0.29, 0.717) is 53.5 Å². The van der Waals surface area contributed by atoms with Gasteiger partial charge in [-0.05, 0) is 80.1 Å². The number of halogens is 3. The maximum atomic E-state index is 12.6. The summed E-state index contributed by atoms with van der Waals surface area (Å²) < 4.78 is 28.4. The van der Waals surface area contributed by atoms with Crippen LogP contribution in [-0.4, -0.2) is 19.1 Å². The van der Waals surface area contributed by atoms with Gasteiger partial charge in [-0.2, -0.15) is 0 Å². The van der Waals surface area contributed by atoms with Crippen LogP contribution < -0.4 is 24.3 Å². The van der Waals surface area contributed by atoms with E-state index in [0.717, 1.165) is 5.56 Å². The predicted molar refractivity (Wildman–Crippen MR) is 152 cm³/mol. The molecule has 204 valence electrons. The van der Waals surface area contributed by atoms with Crippen molar-refractivity contribution in [3.63, 3.8) is 0 Å². The Morgan fingerprint density at radius 2 is 1.46 bits per heavy atom. The van der Waals surface area contributed by atoms with Crippen LogP contribution in [0.3, 0.4) is 0 Å². The molecule has 0 aliphatic heterocycles. The molecule has 3 aromatic carbocycles. The highest BCUT2D eigenvalue weighted by Crippen LogP contribution is 2.36. The van der Waals surface area contributed by atoms with Crippen LogP contribution in [0.25, 0.3) is 0 Å². The van der Waals surface area contributed by atoms with E-state index in [2.05, 4.69) is 5.32 Å². The van der Waals surface area contributed by atoms with Gasteiger partial charge in [-0.3, -0.25) is 4.79 Å². The van der Waals surface area contributed by atoms with Crippen molar-refractivity contribution in [2.75, 3.05) is 18.5 Å². The molecule has 39 heavy (non-hydrogen) atoms. The zero-order valence-electron chi connectivity index (χ0n) is 21.3. The molecule has 1 aromatic heterocycles. The molecular formula is C29H26Cl3NO6. The molecule has 0 radical (unpaired) electrons. The van der Waals surface area contributed by atoms with E-state index in [9.17, 15) is 4.79 Å². The lowest BCUT2D eigenvalue weighted by atomic mass is 10.2. The number of amides is 1. The van der Waals surface area contributed by atoms with Crippen LogP contribution in [0.4, 0.5) is 5.69 Å². The molecule has 0 saturated carbocycles. The van der Waals surface area contributed by atoms with E-state index < -0.39 is 5.91 Å². The fraction of sp³-hybridized carbons (Fsp3) is 0.207. The predicted octanol–water partition coefficient (Wildman–Crippen LogP) is 8.45. The number of carbonyl (C=O) groups is 1. The molecule has 0 spiro atoms. The van der Waals surface area contributed by atoms with E-state index >= 15 is 0 Å². The highest BCUT2D eigenvalue weighted by atomic mass is 35.5. The molecular weight excluding hydrogens is 565 g/mol. The minimum atomic E-state index is -0.407. The van der Waals surface area contributed by atoms with Crippen LogP contribution in [0.5, 0.6) is 23.0 Å². The molecule has 7 nitrogen and oxygen atoms in total. The summed E-state index contributed by atoms with van der Waals surface area (Å²) in [4.78, 5) is 12.6. The summed E-state index contributed by atoms with van der Waals surface area (Å²) in [6, 6.07) is 19.0. The third-order valence-corrected chi connectivity index (χ3v) is 6.11. The molecule has 0 saturated heterocycles. The summed E-state index contributed by atoms with van der Waals surface area (Å²) in [5.41, 5.74) is 1.53. The van der Waals surface area contributed by atoms with Crippen LogP contribution >= 0.6 is 34.8 Å². The summed E-state index contributed by atoms with van der Waals surface area (Å²) in [5.74, 6) is 2.46. The smallest absolute Gasteiger partial charge is 0.291 e. The lowest BCUT2D eigenvalue weighted by molar-refractivity contribution is 0.0992. The van der Waals surface area contributed by atoms with Crippen molar-refractivity contribution < 1.29 is 28.2 Å². The van der Waals surface area contributed by atoms with E-state index in [1.807, 2.05) is 32.0 Å². The van der Waals surface area contributed by atoms with Gasteiger partial charge in [0.25, 0.3) is 5.91 Å². The zero-order chi connectivity index (χ0) is 27.8. The first-order valence-corrected chi connectivity index (χ1v) is 13.3. The molecule has 4 rings (SSSR count). The normalized spacial score (nSPS) is 10.7. The zero-order valence-corrected chi connectivity index (χ0v) is 23.5. The number of anilines is 1. The van der Waals surface area contributed by atoms with Crippen molar-refractivity contribution in [2.45, 2.75) is 27.1 Å². The molecule has 0 bridgehead atoms. The van der Waals surface area contributed by atoms with Gasteiger partial charge in [-0.15, -0.1) is 0 Å². The number of nitrogens with one attached hydrogen (secondary N) is 1. The molecule has 1 N–H and O–H groups in total. The molecule has 0 fully saturated rings. The average molecular weight is 591 g/mol. The van der Waals surface area contributed by atoms with Crippen molar-refractivity contribution in [3.8, 4) is 23.0 Å². The van der Waals surface area contributed by atoms with Gasteiger partial charge in [0, 0.05) is 10.7 Å². The summed E-state index contributed by atoms with van der Waals surface area (Å²) in [6.45, 7) is 5.33. The van der Waals surface area contributed by atoms with Gasteiger partial charge >= 0.3 is 0 Å². The monoisotopic (exact) mass is 589 g/mol. The van der Waals surface area contributed by atoms with E-state index in [-0.39, 0.29) is 28.2 Å². The van der Waals surface area contributed by atoms with Gasteiger partial charge in [0.2, 0.25) is 0 Å². The Labute approximate surface area is 241 Å². The second-order valence-electron chi connectivity index (χ2n) is 8.17. The molecule has 0 atom stereocenters. The van der Waals surface area contributed by atoms with Crippen molar-refractivity contribution in [3.05, 3.63) is 98.9 Å². The second-order valence-corrected chi connectivity index (χ2v) is 9.42. The van der Waals surface area contributed by atoms with Gasteiger partial charge < -0.3 is 28.7 Å². The number of hydrogen-bond donors (Lipinski definition) is 1. The van der Waals surface area contributed by atoms with Gasteiger partial charge in [-0.1, -0.05) is 40.9 Å². The minimum Gasteiger partial charge on any atom is -0.490 e. The number of rotatable bonds is 12. The first-order chi connectivity index (χ1) is 18.9. The molecule has 0 unspecified atom stereocenters. The standard InChI is InChI=1S/C29H26Cl3NO6/c1-3-35-25-11-5-18(13-27(25)36-4-2)16-37-21-8-6-20(7-9-21)33-29(34)26-12-10-22(39-26)17-38-28-23(31)14-19(30)15-24(28)32/h5-15H,3-4,16-17H2,1-2H3,(H,33,34). The fourth-order valence-corrected chi connectivity index (χ4v) is 4.49. The molecule has 0 aliphatic carbocycles. The fourth-order valence-electron chi connectivity index (χ4n) is 3.57. The molecule has 1 heterocycles. The van der Waals surface area contributed by atoms with Crippen LogP contribution in [0.1, 0.15) is 35.7 Å². The Bertz CT molecular complexity index is 1400. The highest BCUT2D eigenvalue weighted by Gasteiger charge is 2.14. The number of hydrogen-bond acceptors (Lipinski definition) is 6. The lowest BCUT2D eigenvalue weighted by Gasteiger charge is -2.13. The van der Waals surface area contributed by atoms with Crippen LogP contribution in [-0.2, 0) is 13.2 Å². The summed E-state index contributed by atoms with van der Waals surface area (Å²) in [5, 5.41) is 3.75. The minimum absolute atomic E-state index is 0.0286. The van der Waals surface area contributed by atoms with Crippen LogP contribution in [0.15, 0.2) is 71.1 Å². The number of benzene rings is 3. The van der Waals surface area contributed by atoms with Crippen LogP contribution in [0, 0.1) is 0 Å². The van der Waals surface area contributed by atoms with Crippen molar-refractivity contribution in [2.24, 2.45) is 0 Å². The third kappa shape index (κ3) is 7.76. The van der Waals surface area contributed by atoms with Crippen LogP contribution in [0.2, 0.25) is 15.1 Å². The second kappa shape index (κ2) is 13.5. The molecule has 0 aliphatic rings. The Hall–Kier alpha value is -3.52. The number of carbonyl (C=O) groups excluding carboxylic acids is 1. The average Bonchev–Trinajstić information content (AvgIpc) is 3.38. The summed E-state index contributed by atoms with van der Waals surface area (Å²) in [7, 11) is 0. The largest absolute Gasteiger partial charge is 0.490 e. The Balaban J connectivity index is 1.30. The Kier molecular flexibility index (Phi) is 9.87. The van der Waals surface area contributed by atoms with E-state index in [1.54, 1.807) is 36.4 Å². The molecule has 10 heteroatoms. The van der Waals surface area contributed by atoms with Gasteiger partial charge in [0.15, 0.2) is 23.0 Å². The maximum absolute atomic E-state index is 12.6. The van der Waals surface area contributed by atoms with Crippen molar-refractivity contribution in [1.82, 2.24) is 0 Å². The number of ether oxygens (including phenoxy) is 4. The number of furan rings is 1. The van der Waals surface area contributed by atoms with Gasteiger partial charge in [0.05, 0.1) is 23.3 Å². The Morgan fingerprint density at radius 1 is 0.769 bits per heavy atom. The van der Waals surface area contributed by atoms with E-state index in [1.165, 1.54) is 12.1 Å². The SMILES string of the molecule is CCOc1ccc(COc2ccc(NC(=O)c3ccc(COc4c(Cl)cc(Cl)cc4Cl)o3)cc2)cc1OCC. The quantitative estimate of drug-likeness (QED) is 0.178. The Morgan fingerprint density at radius 3 is 2.15 bits per heavy atom. The summed E-state index contributed by atoms with van der Waals surface area (Å²) in [6.07, 6.45) is 0. The first-order valence-electron chi connectivity index (χ1n) is 12.1. The summed E-state index contributed by atoms with van der Waals surface area (Å²) >= 11 is 18.2. The first kappa shape index (κ1) is 28.5. The van der Waals surface area contributed by atoms with Gasteiger partial charge in [-0.25, -0.2) is 0 Å². The van der Waals surface area contributed by atoms with Crippen molar-refractivity contribution >= 4 is 46.4 Å². The molecule has 4 aromatic rings. The topological polar surface area (TPSA) is 79.2 Å². The van der Waals surface area contributed by atoms with E-state index in [4.69, 9.17) is 58.2 Å². The third-order valence-electron chi connectivity index (χ3n) is 5.33. The molecule has 1 amide bonds. The van der Waals surface area contributed by atoms with Crippen molar-refractivity contribution in [1.29, 1.82) is 0 Å². The highest BCUT2D eigenvalue weighted by molar-refractivity contribution is 6.40. The lowest BCUT2D eigenvalue weighted by Crippen LogP contribution is -2.10. The van der Waals surface area contributed by atoms with Gasteiger partial charge in [0.1, 0.15) is 24.7 Å².